The van der Waals surface area contributed by atoms with Gasteiger partial charge >= 0.3 is 0 Å². The third-order valence-corrected chi connectivity index (χ3v) is 15.6. The molecule has 1 atom stereocenters. The highest BCUT2D eigenvalue weighted by Crippen LogP contribution is 2.64. The molecule has 0 N–H and O–H groups in total. The zero-order valence-corrected chi connectivity index (χ0v) is 34.2. The van der Waals surface area contributed by atoms with Gasteiger partial charge in [0, 0.05) is 32.1 Å². The smallest absolute Gasteiger partial charge is 0.263 e. The monoisotopic (exact) mass is 793 g/mol. The fourth-order valence-corrected chi connectivity index (χ4v) is 12.7. The minimum Gasteiger partial charge on any atom is -0.275 e. The normalized spacial score (nSPS) is 14.1. The number of benzene rings is 9. The van der Waals surface area contributed by atoms with Gasteiger partial charge in [0.25, 0.3) is 5.56 Å². The largest absolute Gasteiger partial charge is 0.275 e. The molecule has 0 amide bonds. The van der Waals surface area contributed by atoms with Gasteiger partial charge in [-0.25, -0.2) is 0 Å². The van der Waals surface area contributed by atoms with Crippen LogP contribution < -0.4 is 5.56 Å². The average molecular weight is 794 g/mol. The van der Waals surface area contributed by atoms with Gasteiger partial charge in [-0.3, -0.25) is 9.20 Å². The highest BCUT2D eigenvalue weighted by atomic mass is 31.0. The summed E-state index contributed by atoms with van der Waals surface area (Å²) in [7, 11) is 0.637. The summed E-state index contributed by atoms with van der Waals surface area (Å²) in [6.45, 7) is 0. The van der Waals surface area contributed by atoms with E-state index >= 15 is 0 Å². The van der Waals surface area contributed by atoms with E-state index in [0.29, 0.717) is 8.19 Å². The van der Waals surface area contributed by atoms with Crippen LogP contribution in [0.1, 0.15) is 24.0 Å². The lowest BCUT2D eigenvalue weighted by Crippen LogP contribution is -2.12. The second-order valence-corrected chi connectivity index (χ2v) is 18.5. The molecule has 1 fully saturated rings. The lowest BCUT2D eigenvalue weighted by atomic mass is 9.86. The van der Waals surface area contributed by atoms with Crippen LogP contribution in [-0.2, 0) is 5.41 Å². The average Bonchev–Trinajstić information content (AvgIpc) is 3.83. The van der Waals surface area contributed by atoms with Crippen LogP contribution >= 0.6 is 8.19 Å². The fraction of sp³-hybridized carbons (Fsp3) is 0.0517. The molecular formula is C58H36NOP. The number of hydrogen-bond acceptors (Lipinski definition) is 1. The van der Waals surface area contributed by atoms with Gasteiger partial charge in [-0.2, -0.15) is 0 Å². The summed E-state index contributed by atoms with van der Waals surface area (Å²) in [5, 5.41) is 10.6. The Labute approximate surface area is 353 Å². The first kappa shape index (κ1) is 33.6. The highest BCUT2D eigenvalue weighted by molar-refractivity contribution is 7.44. The molecule has 1 unspecified atom stereocenters. The molecular weight excluding hydrogens is 758 g/mol. The van der Waals surface area contributed by atoms with Crippen molar-refractivity contribution < 1.29 is 0 Å². The van der Waals surface area contributed by atoms with Crippen molar-refractivity contribution in [3.05, 3.63) is 210 Å². The van der Waals surface area contributed by atoms with Crippen molar-refractivity contribution in [1.82, 2.24) is 4.40 Å². The summed E-state index contributed by atoms with van der Waals surface area (Å²) in [5.74, 6) is 0. The Morgan fingerprint density at radius 2 is 0.984 bits per heavy atom. The molecule has 3 heteroatoms. The van der Waals surface area contributed by atoms with Gasteiger partial charge in [0.2, 0.25) is 0 Å². The third-order valence-electron chi connectivity index (χ3n) is 14.1. The number of fused-ring (bicyclic) bond motifs is 13. The van der Waals surface area contributed by atoms with E-state index in [2.05, 4.69) is 176 Å². The minimum absolute atomic E-state index is 0.0280. The summed E-state index contributed by atoms with van der Waals surface area (Å²) in [6, 6.07) is 69.0. The van der Waals surface area contributed by atoms with E-state index in [1.807, 2.05) is 16.5 Å². The molecule has 9 aromatic carbocycles. The van der Waals surface area contributed by atoms with Gasteiger partial charge in [-0.15, -0.1) is 8.19 Å². The Morgan fingerprint density at radius 3 is 1.82 bits per heavy atom. The van der Waals surface area contributed by atoms with Crippen LogP contribution in [0, 0.1) is 0 Å². The van der Waals surface area contributed by atoms with Crippen molar-refractivity contribution in [3.8, 4) is 55.6 Å². The molecule has 14 rings (SSSR count). The van der Waals surface area contributed by atoms with Gasteiger partial charge in [-0.1, -0.05) is 146 Å². The molecule has 2 nitrogen and oxygen atoms in total. The van der Waals surface area contributed by atoms with Crippen molar-refractivity contribution in [3.63, 3.8) is 0 Å². The summed E-state index contributed by atoms with van der Waals surface area (Å²) in [4.78, 5) is 14.5. The van der Waals surface area contributed by atoms with Crippen LogP contribution in [0.15, 0.2) is 193 Å². The maximum Gasteiger partial charge on any atom is 0.263 e. The number of rotatable bonds is 4. The summed E-state index contributed by atoms with van der Waals surface area (Å²) < 4.78 is 1.97. The van der Waals surface area contributed by atoms with E-state index in [0.717, 1.165) is 54.7 Å². The summed E-state index contributed by atoms with van der Waals surface area (Å²) >= 11 is 0. The van der Waals surface area contributed by atoms with Gasteiger partial charge in [0.1, 0.15) is 0 Å². The molecule has 0 radical (unpaired) electrons. The molecule has 3 heterocycles. The van der Waals surface area contributed by atoms with Crippen LogP contribution in [0.5, 0.6) is 0 Å². The van der Waals surface area contributed by atoms with Gasteiger partial charge in [-0.05, 0) is 143 Å². The van der Waals surface area contributed by atoms with Crippen molar-refractivity contribution >= 4 is 67.2 Å². The van der Waals surface area contributed by atoms with Crippen LogP contribution in [0.25, 0.3) is 115 Å². The van der Waals surface area contributed by atoms with Crippen molar-refractivity contribution in [2.24, 2.45) is 0 Å². The van der Waals surface area contributed by atoms with Crippen molar-refractivity contribution in [1.29, 1.82) is 0 Å². The highest BCUT2D eigenvalue weighted by Gasteiger charge is 2.53. The second-order valence-electron chi connectivity index (χ2n) is 17.3. The molecule has 2 aliphatic rings. The van der Waals surface area contributed by atoms with E-state index in [-0.39, 0.29) is 11.0 Å². The van der Waals surface area contributed by atoms with E-state index in [9.17, 15) is 4.79 Å². The first-order valence-corrected chi connectivity index (χ1v) is 22.3. The molecule has 3 aromatic heterocycles. The standard InChI is InChI=1S/C58H36NOP/c60-57-47-18-2-1-15-42(47)49-32-39(35-12-8-14-38(30-35)41-20-10-22-46-44-17-4-6-24-53(44)61-56(41)46)33-50-48-31-36(25-26-52(48)59(57)55(49)50)34-11-7-13-37(29-34)40-19-9-21-45-43-16-3-5-23-51(43)58(27-28-58)54(40)45/h1-26,29-33,61H,27-28H2. The Kier molecular flexibility index (Phi) is 6.70. The molecule has 0 bridgehead atoms. The molecule has 2 aliphatic carbocycles. The first-order chi connectivity index (χ1) is 30.1. The molecule has 1 spiro atoms. The number of pyridine rings is 1. The predicted molar refractivity (Wildman–Crippen MR) is 259 cm³/mol. The maximum absolute atomic E-state index is 14.5. The SMILES string of the molecule is O=c1c2ccccc2c2cc(-c3cccc(-c4cccc5c4[pH]c4ccccc45)c3)cc3c4cc(-c5cccc(-c6cccc7c6C6(CC6)c6ccccc6-7)c5)ccc4n1c23. The quantitative estimate of drug-likeness (QED) is 0.163. The lowest BCUT2D eigenvalue weighted by molar-refractivity contribution is 0.882. The summed E-state index contributed by atoms with van der Waals surface area (Å²) in [5.41, 5.74) is 17.6. The zero-order chi connectivity index (χ0) is 40.0. The zero-order valence-electron chi connectivity index (χ0n) is 33.2. The Balaban J connectivity index is 0.958. The van der Waals surface area contributed by atoms with Crippen molar-refractivity contribution in [2.45, 2.75) is 18.3 Å². The van der Waals surface area contributed by atoms with Crippen LogP contribution in [0.4, 0.5) is 0 Å². The van der Waals surface area contributed by atoms with E-state index in [1.54, 1.807) is 0 Å². The van der Waals surface area contributed by atoms with Crippen LogP contribution in [0.3, 0.4) is 0 Å². The molecule has 1 saturated carbocycles. The maximum atomic E-state index is 14.5. The third kappa shape index (κ3) is 4.61. The van der Waals surface area contributed by atoms with E-state index in [1.165, 1.54) is 83.9 Å². The van der Waals surface area contributed by atoms with Gasteiger partial charge in [0.05, 0.1) is 11.0 Å². The van der Waals surface area contributed by atoms with E-state index < -0.39 is 0 Å². The second kappa shape index (κ2) is 12.2. The van der Waals surface area contributed by atoms with E-state index in [4.69, 9.17) is 0 Å². The Hall–Kier alpha value is -7.25. The van der Waals surface area contributed by atoms with Crippen LogP contribution in [0.2, 0.25) is 0 Å². The lowest BCUT2D eigenvalue weighted by Gasteiger charge is -2.17. The molecule has 61 heavy (non-hydrogen) atoms. The first-order valence-electron chi connectivity index (χ1n) is 21.3. The topological polar surface area (TPSA) is 21.5 Å². The van der Waals surface area contributed by atoms with Gasteiger partial charge < -0.3 is 0 Å². The molecule has 284 valence electrons. The minimum atomic E-state index is 0.0280. The Morgan fingerprint density at radius 1 is 0.410 bits per heavy atom. The summed E-state index contributed by atoms with van der Waals surface area (Å²) in [6.07, 6.45) is 2.41. The Bertz CT molecular complexity index is 3920. The molecule has 0 saturated heterocycles. The number of aromatic nitrogens is 1. The molecule has 0 aliphatic heterocycles. The van der Waals surface area contributed by atoms with Gasteiger partial charge in [0.15, 0.2) is 0 Å². The molecule has 12 aromatic rings. The fourth-order valence-electron chi connectivity index (χ4n) is 11.2. The van der Waals surface area contributed by atoms with Crippen LogP contribution in [-0.4, -0.2) is 4.40 Å². The predicted octanol–water partition coefficient (Wildman–Crippen LogP) is 15.3. The number of hydrogen-bond donors (Lipinski definition) is 0. The van der Waals surface area contributed by atoms with Crippen molar-refractivity contribution in [2.75, 3.05) is 0 Å². The number of nitrogens with zero attached hydrogens (tertiary/aromatic N) is 1.